The number of para-hydroxylation sites is 2. The van der Waals surface area contributed by atoms with Crippen molar-refractivity contribution in [2.75, 3.05) is 19.8 Å². The molecule has 6 nitrogen and oxygen atoms in total. The quantitative estimate of drug-likeness (QED) is 0.686. The van der Waals surface area contributed by atoms with Crippen LogP contribution in [0, 0.1) is 0 Å². The second kappa shape index (κ2) is 7.67. The van der Waals surface area contributed by atoms with E-state index in [-0.39, 0.29) is 25.2 Å². The molecule has 0 saturated heterocycles. The third-order valence-electron chi connectivity index (χ3n) is 4.06. The largest absolute Gasteiger partial charge is 0.486 e. The van der Waals surface area contributed by atoms with Crippen LogP contribution in [0.3, 0.4) is 0 Å². The van der Waals surface area contributed by atoms with Crippen molar-refractivity contribution in [3.05, 3.63) is 59.5 Å². The average Bonchev–Trinajstić information content (AvgIpc) is 3.14. The van der Waals surface area contributed by atoms with E-state index in [4.69, 9.17) is 14.2 Å². The number of carbonyl (C=O) groups excluding carboxylic acids is 2. The Hall–Kier alpha value is -3.06. The average molecular weight is 383 g/mol. The van der Waals surface area contributed by atoms with Gasteiger partial charge < -0.3 is 19.5 Å². The number of fused-ring (bicyclic) bond motifs is 2. The molecule has 1 aliphatic rings. The molecule has 7 heteroatoms. The van der Waals surface area contributed by atoms with Crippen LogP contribution >= 0.6 is 11.3 Å². The van der Waals surface area contributed by atoms with Crippen LogP contribution in [0.15, 0.2) is 54.6 Å². The molecule has 0 bridgehead atoms. The summed E-state index contributed by atoms with van der Waals surface area (Å²) in [7, 11) is 0. The SMILES string of the molecule is O=C(COC(=O)c1cc2ccccc2s1)NCC1COc2ccccc2O1. The first-order valence-corrected chi connectivity index (χ1v) is 9.31. The summed E-state index contributed by atoms with van der Waals surface area (Å²) in [6, 6.07) is 16.8. The third-order valence-corrected chi connectivity index (χ3v) is 5.15. The van der Waals surface area contributed by atoms with Gasteiger partial charge in [0.25, 0.3) is 5.91 Å². The molecule has 3 aromatic rings. The summed E-state index contributed by atoms with van der Waals surface area (Å²) in [5, 5.41) is 3.68. The van der Waals surface area contributed by atoms with Gasteiger partial charge in [0.15, 0.2) is 18.1 Å². The zero-order valence-electron chi connectivity index (χ0n) is 14.3. The summed E-state index contributed by atoms with van der Waals surface area (Å²) in [6.07, 6.45) is -0.290. The van der Waals surface area contributed by atoms with E-state index in [2.05, 4.69) is 5.32 Å². The number of amides is 1. The molecule has 0 aliphatic carbocycles. The van der Waals surface area contributed by atoms with Crippen LogP contribution in [-0.2, 0) is 9.53 Å². The van der Waals surface area contributed by atoms with E-state index in [0.717, 1.165) is 10.1 Å². The minimum atomic E-state index is -0.502. The molecule has 0 radical (unpaired) electrons. The second-order valence-corrected chi connectivity index (χ2v) is 7.11. The molecule has 0 fully saturated rings. The fourth-order valence-corrected chi connectivity index (χ4v) is 3.68. The summed E-state index contributed by atoms with van der Waals surface area (Å²) in [4.78, 5) is 24.6. The predicted molar refractivity (Wildman–Crippen MR) is 101 cm³/mol. The minimum absolute atomic E-state index is 0.271. The molecule has 1 aromatic heterocycles. The molecule has 138 valence electrons. The van der Waals surface area contributed by atoms with E-state index in [9.17, 15) is 9.59 Å². The van der Waals surface area contributed by atoms with Crippen LogP contribution in [0.2, 0.25) is 0 Å². The van der Waals surface area contributed by atoms with E-state index < -0.39 is 5.97 Å². The number of nitrogens with one attached hydrogen (secondary N) is 1. The maximum Gasteiger partial charge on any atom is 0.348 e. The van der Waals surface area contributed by atoms with Gasteiger partial charge in [-0.05, 0) is 29.7 Å². The van der Waals surface area contributed by atoms with Crippen LogP contribution in [0.1, 0.15) is 9.67 Å². The highest BCUT2D eigenvalue weighted by Crippen LogP contribution is 2.30. The van der Waals surface area contributed by atoms with Gasteiger partial charge in [-0.15, -0.1) is 11.3 Å². The Bertz CT molecular complexity index is 950. The smallest absolute Gasteiger partial charge is 0.348 e. The van der Waals surface area contributed by atoms with Gasteiger partial charge in [-0.25, -0.2) is 4.79 Å². The van der Waals surface area contributed by atoms with E-state index in [1.807, 2.05) is 48.5 Å². The number of esters is 1. The van der Waals surface area contributed by atoms with E-state index in [1.54, 1.807) is 6.07 Å². The maximum atomic E-state index is 12.1. The molecule has 2 heterocycles. The lowest BCUT2D eigenvalue weighted by atomic mass is 10.2. The van der Waals surface area contributed by atoms with Crippen LogP contribution in [0.25, 0.3) is 10.1 Å². The highest BCUT2D eigenvalue weighted by molar-refractivity contribution is 7.20. The highest BCUT2D eigenvalue weighted by atomic mass is 32.1. The van der Waals surface area contributed by atoms with Gasteiger partial charge in [0.05, 0.1) is 6.54 Å². The number of ether oxygens (including phenoxy) is 3. The van der Waals surface area contributed by atoms with Crippen molar-refractivity contribution in [3.63, 3.8) is 0 Å². The van der Waals surface area contributed by atoms with Crippen molar-refractivity contribution >= 4 is 33.3 Å². The van der Waals surface area contributed by atoms with Crippen molar-refractivity contribution in [3.8, 4) is 11.5 Å². The zero-order chi connectivity index (χ0) is 18.6. The Balaban J connectivity index is 1.24. The predicted octanol–water partition coefficient (Wildman–Crippen LogP) is 3.01. The summed E-state index contributed by atoms with van der Waals surface area (Å²) >= 11 is 1.34. The standard InChI is InChI=1S/C20H17NO5S/c22-19(21-10-14-11-24-15-6-2-3-7-16(15)26-14)12-25-20(23)18-9-13-5-1-4-8-17(13)27-18/h1-9,14H,10-12H2,(H,21,22). The van der Waals surface area contributed by atoms with Crippen molar-refractivity contribution in [1.29, 1.82) is 0 Å². The molecule has 2 aromatic carbocycles. The normalized spacial score (nSPS) is 15.3. The van der Waals surface area contributed by atoms with Gasteiger partial charge in [0, 0.05) is 4.70 Å². The first kappa shape index (κ1) is 17.4. The Morgan fingerprint density at radius 2 is 1.89 bits per heavy atom. The number of hydrogen-bond donors (Lipinski definition) is 1. The van der Waals surface area contributed by atoms with E-state index in [1.165, 1.54) is 11.3 Å². The van der Waals surface area contributed by atoms with Crippen molar-refractivity contribution in [2.24, 2.45) is 0 Å². The molecular weight excluding hydrogens is 366 g/mol. The molecular formula is C20H17NO5S. The van der Waals surface area contributed by atoms with E-state index >= 15 is 0 Å². The third kappa shape index (κ3) is 4.03. The Labute approximate surface area is 159 Å². The van der Waals surface area contributed by atoms with Crippen molar-refractivity contribution in [1.82, 2.24) is 5.32 Å². The highest BCUT2D eigenvalue weighted by Gasteiger charge is 2.21. The molecule has 0 saturated carbocycles. The summed E-state index contributed by atoms with van der Waals surface area (Å²) < 4.78 is 17.5. The van der Waals surface area contributed by atoms with Gasteiger partial charge in [0.2, 0.25) is 0 Å². The molecule has 1 N–H and O–H groups in total. The van der Waals surface area contributed by atoms with Crippen LogP contribution in [0.5, 0.6) is 11.5 Å². The van der Waals surface area contributed by atoms with Crippen LogP contribution < -0.4 is 14.8 Å². The Morgan fingerprint density at radius 3 is 2.74 bits per heavy atom. The molecule has 1 atom stereocenters. The number of hydrogen-bond acceptors (Lipinski definition) is 6. The summed E-state index contributed by atoms with van der Waals surface area (Å²) in [6.45, 7) is 0.281. The molecule has 0 spiro atoms. The summed E-state index contributed by atoms with van der Waals surface area (Å²) in [5.74, 6) is 0.459. The molecule has 27 heavy (non-hydrogen) atoms. The number of thiophene rings is 1. The Morgan fingerprint density at radius 1 is 1.11 bits per heavy atom. The second-order valence-electron chi connectivity index (χ2n) is 6.03. The molecule has 1 amide bonds. The minimum Gasteiger partial charge on any atom is -0.486 e. The lowest BCUT2D eigenvalue weighted by Gasteiger charge is -2.26. The fourth-order valence-electron chi connectivity index (χ4n) is 2.73. The monoisotopic (exact) mass is 383 g/mol. The lowest BCUT2D eigenvalue weighted by molar-refractivity contribution is -0.124. The van der Waals surface area contributed by atoms with Crippen LogP contribution in [-0.4, -0.2) is 37.7 Å². The van der Waals surface area contributed by atoms with Crippen LogP contribution in [0.4, 0.5) is 0 Å². The first-order valence-electron chi connectivity index (χ1n) is 8.50. The number of carbonyl (C=O) groups is 2. The van der Waals surface area contributed by atoms with Gasteiger partial charge >= 0.3 is 5.97 Å². The van der Waals surface area contributed by atoms with Crippen molar-refractivity contribution in [2.45, 2.75) is 6.10 Å². The topological polar surface area (TPSA) is 73.9 Å². The molecule has 1 aliphatic heterocycles. The molecule has 4 rings (SSSR count). The summed E-state index contributed by atoms with van der Waals surface area (Å²) in [5.41, 5.74) is 0. The van der Waals surface area contributed by atoms with Gasteiger partial charge in [-0.2, -0.15) is 0 Å². The van der Waals surface area contributed by atoms with E-state index in [0.29, 0.717) is 23.0 Å². The number of benzene rings is 2. The Kier molecular flexibility index (Phi) is 4.93. The fraction of sp³-hybridized carbons (Fsp3) is 0.200. The van der Waals surface area contributed by atoms with Gasteiger partial charge in [-0.3, -0.25) is 4.79 Å². The van der Waals surface area contributed by atoms with Gasteiger partial charge in [-0.1, -0.05) is 30.3 Å². The van der Waals surface area contributed by atoms with Gasteiger partial charge in [0.1, 0.15) is 17.6 Å². The lowest BCUT2D eigenvalue weighted by Crippen LogP contribution is -2.42. The van der Waals surface area contributed by atoms with Crippen molar-refractivity contribution < 1.29 is 23.8 Å². The maximum absolute atomic E-state index is 12.1. The molecule has 1 unspecified atom stereocenters. The number of rotatable bonds is 5. The first-order chi connectivity index (χ1) is 13.2. The zero-order valence-corrected chi connectivity index (χ0v) is 15.2.